The van der Waals surface area contributed by atoms with Crippen molar-refractivity contribution < 1.29 is 80.2 Å². The summed E-state index contributed by atoms with van der Waals surface area (Å²) in [5.74, 6) is -2.12. The van der Waals surface area contributed by atoms with E-state index in [1.807, 2.05) is 0 Å². The first-order chi connectivity index (χ1) is 42.7. The Morgan fingerprint density at radius 1 is 0.273 bits per heavy atom. The second-order valence-electron chi connectivity index (χ2n) is 24.9. The van der Waals surface area contributed by atoms with Gasteiger partial charge in [-0.05, 0) is 25.7 Å². The van der Waals surface area contributed by atoms with Crippen LogP contribution in [0.5, 0.6) is 0 Å². The van der Waals surface area contributed by atoms with E-state index in [1.54, 1.807) is 0 Å². The van der Waals surface area contributed by atoms with E-state index in [9.17, 15) is 43.2 Å². The van der Waals surface area contributed by atoms with Gasteiger partial charge in [0.1, 0.15) is 19.3 Å². The van der Waals surface area contributed by atoms with Crippen molar-refractivity contribution in [2.24, 2.45) is 0 Å². The smallest absolute Gasteiger partial charge is 0.462 e. The maximum Gasteiger partial charge on any atom is 0.472 e. The predicted octanol–water partition coefficient (Wildman–Crippen LogP) is 19.9. The Hall–Kier alpha value is -1.94. The third-order valence-electron chi connectivity index (χ3n) is 16.1. The maximum atomic E-state index is 13.0. The lowest BCUT2D eigenvalue weighted by molar-refractivity contribution is -0.161. The molecule has 0 aromatic carbocycles. The molecule has 0 radical (unpaired) electrons. The number of hydrogen-bond acceptors (Lipinski definition) is 15. The standard InChI is InChI=1S/C69H134O17P2/c1-5-9-13-17-21-25-29-30-31-32-36-40-44-48-52-56-69(74)86-65(60-80-67(72)54-50-46-42-38-34-27-23-19-15-11-7-3)62-84-88(77,78)82-58-63(70)57-81-87(75,76)83-61-64(85-68(73)55-51-47-43-39-35-28-24-20-16-12-8-4)59-79-66(71)53-49-45-41-37-33-26-22-18-14-10-6-2/h63-65,70H,5-62H2,1-4H3,(H,75,76)(H,77,78)/t63-,64+,65+/m0/s1. The molecule has 0 fully saturated rings. The first-order valence-corrected chi connectivity index (χ1v) is 39.3. The number of phosphoric acid groups is 2. The van der Waals surface area contributed by atoms with E-state index in [4.69, 9.17) is 37.0 Å². The largest absolute Gasteiger partial charge is 0.472 e. The molecule has 0 bridgehead atoms. The molecule has 0 rings (SSSR count). The summed E-state index contributed by atoms with van der Waals surface area (Å²) in [6.45, 7) is 4.93. The summed E-state index contributed by atoms with van der Waals surface area (Å²) in [5, 5.41) is 10.6. The highest BCUT2D eigenvalue weighted by Crippen LogP contribution is 2.45. The molecular weight excluding hydrogens is 1160 g/mol. The lowest BCUT2D eigenvalue weighted by atomic mass is 10.0. The SMILES string of the molecule is CCCCCCCCCCCCCCCCCC(=O)O[C@H](COC(=O)CCCCCCCCCCCCC)COP(=O)(O)OC[C@@H](O)COP(=O)(O)OC[C@@H](COC(=O)CCCCCCCCCCCCC)OC(=O)CCCCCCCCCCCCC. The van der Waals surface area contributed by atoms with E-state index < -0.39 is 97.5 Å². The normalized spacial score (nSPS) is 14.0. The number of rotatable bonds is 70. The summed E-state index contributed by atoms with van der Waals surface area (Å²) in [7, 11) is -9.89. The van der Waals surface area contributed by atoms with Gasteiger partial charge < -0.3 is 33.8 Å². The highest BCUT2D eigenvalue weighted by Gasteiger charge is 2.30. The molecule has 19 heteroatoms. The van der Waals surface area contributed by atoms with Crippen LogP contribution >= 0.6 is 15.6 Å². The van der Waals surface area contributed by atoms with Crippen LogP contribution in [-0.2, 0) is 65.4 Å². The molecule has 0 heterocycles. The lowest BCUT2D eigenvalue weighted by Gasteiger charge is -2.21. The predicted molar refractivity (Wildman–Crippen MR) is 354 cm³/mol. The van der Waals surface area contributed by atoms with Crippen molar-refractivity contribution in [1.29, 1.82) is 0 Å². The highest BCUT2D eigenvalue weighted by atomic mass is 31.2. The molecule has 0 saturated carbocycles. The minimum atomic E-state index is -4.95. The van der Waals surface area contributed by atoms with Gasteiger partial charge in [-0.3, -0.25) is 37.3 Å². The summed E-state index contributed by atoms with van der Waals surface area (Å²) < 4.78 is 68.2. The van der Waals surface area contributed by atoms with Crippen molar-refractivity contribution in [2.75, 3.05) is 39.6 Å². The molecule has 5 atom stereocenters. The van der Waals surface area contributed by atoms with Crippen molar-refractivity contribution in [3.63, 3.8) is 0 Å². The van der Waals surface area contributed by atoms with Crippen LogP contribution in [0.25, 0.3) is 0 Å². The average molecular weight is 1300 g/mol. The van der Waals surface area contributed by atoms with Crippen molar-refractivity contribution in [3.05, 3.63) is 0 Å². The van der Waals surface area contributed by atoms with Gasteiger partial charge in [-0.1, -0.05) is 310 Å². The quantitative estimate of drug-likeness (QED) is 0.0222. The van der Waals surface area contributed by atoms with Crippen LogP contribution < -0.4 is 0 Å². The van der Waals surface area contributed by atoms with Crippen LogP contribution in [0.15, 0.2) is 0 Å². The Balaban J connectivity index is 5.23. The minimum Gasteiger partial charge on any atom is -0.462 e. The highest BCUT2D eigenvalue weighted by molar-refractivity contribution is 7.47. The van der Waals surface area contributed by atoms with Gasteiger partial charge in [-0.15, -0.1) is 0 Å². The minimum absolute atomic E-state index is 0.108. The Morgan fingerprint density at radius 2 is 0.455 bits per heavy atom. The zero-order chi connectivity index (χ0) is 64.7. The zero-order valence-electron chi connectivity index (χ0n) is 56.7. The molecule has 0 spiro atoms. The van der Waals surface area contributed by atoms with E-state index in [0.29, 0.717) is 25.7 Å². The molecule has 2 unspecified atom stereocenters. The van der Waals surface area contributed by atoms with Crippen molar-refractivity contribution in [3.8, 4) is 0 Å². The topological polar surface area (TPSA) is 237 Å². The molecule has 0 aliphatic rings. The van der Waals surface area contributed by atoms with E-state index in [0.717, 1.165) is 89.9 Å². The number of phosphoric ester groups is 2. The van der Waals surface area contributed by atoms with Crippen LogP contribution in [0.2, 0.25) is 0 Å². The Labute approximate surface area is 537 Å². The second kappa shape index (κ2) is 63.8. The monoisotopic (exact) mass is 1300 g/mol. The van der Waals surface area contributed by atoms with Crippen LogP contribution in [0, 0.1) is 0 Å². The third kappa shape index (κ3) is 62.8. The molecule has 0 aliphatic carbocycles. The van der Waals surface area contributed by atoms with Gasteiger partial charge >= 0.3 is 39.5 Å². The van der Waals surface area contributed by atoms with Gasteiger partial charge in [0, 0.05) is 25.7 Å². The van der Waals surface area contributed by atoms with Gasteiger partial charge in [0.15, 0.2) is 12.2 Å². The number of ether oxygens (including phenoxy) is 4. The van der Waals surface area contributed by atoms with Crippen LogP contribution in [0.4, 0.5) is 0 Å². The molecule has 88 heavy (non-hydrogen) atoms. The molecule has 0 aliphatic heterocycles. The van der Waals surface area contributed by atoms with E-state index in [-0.39, 0.29) is 25.7 Å². The number of esters is 4. The third-order valence-corrected chi connectivity index (χ3v) is 18.0. The molecule has 0 aromatic heterocycles. The second-order valence-corrected chi connectivity index (χ2v) is 27.8. The Kier molecular flexibility index (Phi) is 62.4. The van der Waals surface area contributed by atoms with Crippen molar-refractivity contribution in [1.82, 2.24) is 0 Å². The zero-order valence-corrected chi connectivity index (χ0v) is 58.5. The van der Waals surface area contributed by atoms with E-state index in [2.05, 4.69) is 27.7 Å². The summed E-state index contributed by atoms with van der Waals surface area (Å²) >= 11 is 0. The molecule has 0 saturated heterocycles. The summed E-state index contributed by atoms with van der Waals surface area (Å²) in [6, 6.07) is 0. The number of unbranched alkanes of at least 4 members (excludes halogenated alkanes) is 44. The fourth-order valence-corrected chi connectivity index (χ4v) is 12.1. The summed E-state index contributed by atoms with van der Waals surface area (Å²) in [4.78, 5) is 72.5. The Bertz CT molecular complexity index is 1690. The van der Waals surface area contributed by atoms with Crippen molar-refractivity contribution in [2.45, 2.75) is 380 Å². The number of aliphatic hydroxyl groups excluding tert-OH is 1. The van der Waals surface area contributed by atoms with E-state index >= 15 is 0 Å². The van der Waals surface area contributed by atoms with E-state index in [1.165, 1.54) is 193 Å². The number of hydrogen-bond donors (Lipinski definition) is 3. The van der Waals surface area contributed by atoms with Gasteiger partial charge in [0.2, 0.25) is 0 Å². The fraction of sp³-hybridized carbons (Fsp3) is 0.942. The molecule has 0 amide bonds. The first-order valence-electron chi connectivity index (χ1n) is 36.3. The fourth-order valence-electron chi connectivity index (χ4n) is 10.5. The molecule has 0 aromatic rings. The average Bonchev–Trinajstić information content (AvgIpc) is 3.70. The first kappa shape index (κ1) is 86.1. The summed E-state index contributed by atoms with van der Waals surface area (Å²) in [5.41, 5.74) is 0. The molecular formula is C69H134O17P2. The van der Waals surface area contributed by atoms with Crippen molar-refractivity contribution >= 4 is 39.5 Å². The molecule has 3 N–H and O–H groups in total. The van der Waals surface area contributed by atoms with Crippen LogP contribution in [-0.4, -0.2) is 96.7 Å². The molecule has 17 nitrogen and oxygen atoms in total. The van der Waals surface area contributed by atoms with Crippen LogP contribution in [0.1, 0.15) is 362 Å². The van der Waals surface area contributed by atoms with Crippen LogP contribution in [0.3, 0.4) is 0 Å². The number of aliphatic hydroxyl groups is 1. The maximum absolute atomic E-state index is 13.0. The number of carbonyl (C=O) groups excluding carboxylic acids is 4. The van der Waals surface area contributed by atoms with Gasteiger partial charge in [0.05, 0.1) is 26.4 Å². The number of carbonyl (C=O) groups is 4. The molecule has 522 valence electrons. The van der Waals surface area contributed by atoms with Gasteiger partial charge in [-0.25, -0.2) is 9.13 Å². The summed E-state index contributed by atoms with van der Waals surface area (Å²) in [6.07, 6.45) is 51.1. The van der Waals surface area contributed by atoms with Gasteiger partial charge in [0.25, 0.3) is 0 Å². The lowest BCUT2D eigenvalue weighted by Crippen LogP contribution is -2.30. The van der Waals surface area contributed by atoms with Gasteiger partial charge in [-0.2, -0.15) is 0 Å². The Morgan fingerprint density at radius 3 is 0.670 bits per heavy atom.